The molecule has 0 amide bonds. The molecule has 16 aliphatic heterocycles. The van der Waals surface area contributed by atoms with Crippen molar-refractivity contribution in [1.82, 2.24) is 0 Å². The predicted molar refractivity (Wildman–Crippen MR) is 558 cm³/mol. The van der Waals surface area contributed by atoms with Crippen LogP contribution in [0, 0.1) is 9.39 Å². The lowest BCUT2D eigenvalue weighted by atomic mass is 9.77. The van der Waals surface area contributed by atoms with Gasteiger partial charge in [-0.2, -0.15) is 27.0 Å². The summed E-state index contributed by atoms with van der Waals surface area (Å²) in [5.74, 6) is 6.59. The Bertz CT molecular complexity index is 5110. The van der Waals surface area contributed by atoms with Crippen LogP contribution < -0.4 is 81.6 Å². The van der Waals surface area contributed by atoms with Crippen molar-refractivity contribution in [3.8, 4) is 46.0 Å². The van der Waals surface area contributed by atoms with E-state index in [2.05, 4.69) is 125 Å². The molecule has 0 bridgehead atoms. The van der Waals surface area contributed by atoms with Crippen molar-refractivity contribution in [3.63, 3.8) is 0 Å². The van der Waals surface area contributed by atoms with Crippen LogP contribution in [0.3, 0.4) is 0 Å². The van der Waals surface area contributed by atoms with Gasteiger partial charge >= 0.3 is 56.9 Å². The number of ether oxygens (including phenoxy) is 8. The highest BCUT2D eigenvalue weighted by Crippen LogP contribution is 2.47. The average molecular weight is 2270 g/mol. The lowest BCUT2D eigenvalue weighted by Crippen LogP contribution is -2.40. The molecule has 24 rings (SSSR count). The van der Waals surface area contributed by atoms with E-state index in [0.29, 0.717) is 90.6 Å². The quantitative estimate of drug-likeness (QED) is 0.102. The smallest absolute Gasteiger partial charge is 0.492 e. The molecule has 2 unspecified atom stereocenters. The summed E-state index contributed by atoms with van der Waals surface area (Å²) in [6.45, 7) is 35.3. The van der Waals surface area contributed by atoms with Crippen LogP contribution in [-0.2, 0) is 74.5 Å². The van der Waals surface area contributed by atoms with Crippen LogP contribution >= 0.6 is 132 Å². The number of hydrogen-bond donors (Lipinski definition) is 0. The van der Waals surface area contributed by atoms with Crippen LogP contribution in [0.1, 0.15) is 242 Å². The maximum Gasteiger partial charge on any atom is 0.499 e. The fourth-order valence-electron chi connectivity index (χ4n) is 19.1. The zero-order valence-corrected chi connectivity index (χ0v) is 89.8. The fraction of sp³-hybridized carbons (Fsp3) is 0.489. The van der Waals surface area contributed by atoms with Crippen LogP contribution in [0.2, 0.25) is 15.1 Å². The highest BCUT2D eigenvalue weighted by molar-refractivity contribution is 14.1. The van der Waals surface area contributed by atoms with Crippen molar-refractivity contribution >= 4 is 233 Å². The van der Waals surface area contributed by atoms with Crippen molar-refractivity contribution in [3.05, 3.63) is 179 Å². The molecule has 0 fully saturated rings. The van der Waals surface area contributed by atoms with E-state index in [0.717, 1.165) is 180 Å². The second-order valence-corrected chi connectivity index (χ2v) is 40.6. The molecule has 724 valence electrons. The molecule has 0 aromatic heterocycles. The average Bonchev–Trinajstić information content (AvgIpc) is 1.61. The lowest BCUT2D eigenvalue weighted by Gasteiger charge is -2.25. The Morgan fingerprint density at radius 2 is 0.544 bits per heavy atom. The van der Waals surface area contributed by atoms with Gasteiger partial charge < -0.3 is 112 Å². The van der Waals surface area contributed by atoms with Crippen molar-refractivity contribution in [1.29, 1.82) is 0 Å². The minimum absolute atomic E-state index is 0. The van der Waals surface area contributed by atoms with E-state index in [9.17, 15) is 4.39 Å². The Kier molecular flexibility index (Phi) is 36.2. The molecule has 0 saturated carbocycles. The third kappa shape index (κ3) is 22.1. The first-order valence-electron chi connectivity index (χ1n) is 46.7. The SMILES string of the molecule is CC[C@H]1OB2OC(C)(C)COc3ccc(Br)c1c32.CC[C@H]1OB2OC(C)(C)COc3ccc(Cl)c1c32.CC[C@H]1OB2OC(C)COc3ccc(Br)c1c32.CC[C@H]1OB2OC(C)COc3ccc(Cl)c1c32.CC[C@H]1OB2OCCOc3ccc(Br)c1c32.CC[C@H]1OB2OCCOc3ccc(Cl)c1c32.CC[C@H]1OB2OCCOc3ccc(F)c1c32.CC[C@H]1OB2OCCOc3ccc(I)c1c32.S.S. The van der Waals surface area contributed by atoms with Crippen molar-refractivity contribution < 1.29 is 117 Å². The zero-order valence-electron chi connectivity index (χ0n) is 78.6. The van der Waals surface area contributed by atoms with Gasteiger partial charge in [0.05, 0.1) is 98.7 Å². The molecule has 8 aromatic carbocycles. The van der Waals surface area contributed by atoms with Crippen LogP contribution in [0.25, 0.3) is 0 Å². The lowest BCUT2D eigenvalue weighted by molar-refractivity contribution is 0.0264. The highest BCUT2D eigenvalue weighted by atomic mass is 127. The number of benzene rings is 8. The van der Waals surface area contributed by atoms with Crippen molar-refractivity contribution in [2.75, 3.05) is 79.3 Å². The van der Waals surface area contributed by atoms with E-state index < -0.39 is 7.12 Å². The summed E-state index contributed by atoms with van der Waals surface area (Å²) >= 11 is 31.9. The van der Waals surface area contributed by atoms with Gasteiger partial charge in [0.25, 0.3) is 0 Å². The van der Waals surface area contributed by atoms with E-state index >= 15 is 0 Å². The van der Waals surface area contributed by atoms with E-state index in [1.54, 1.807) is 6.07 Å². The second-order valence-electron chi connectivity index (χ2n) is 35.6. The minimum Gasteiger partial charge on any atom is -0.492 e. The Balaban J connectivity index is 0.000000118. The summed E-state index contributed by atoms with van der Waals surface area (Å²) in [6, 6.07) is 30.5. The summed E-state index contributed by atoms with van der Waals surface area (Å²) in [5, 5.41) is 2.21. The molecule has 136 heavy (non-hydrogen) atoms. The maximum absolute atomic E-state index is 13.8. The van der Waals surface area contributed by atoms with E-state index in [1.165, 1.54) is 31.9 Å². The largest absolute Gasteiger partial charge is 0.499 e. The Morgan fingerprint density at radius 3 is 0.904 bits per heavy atom. The van der Waals surface area contributed by atoms with E-state index in [1.807, 2.05) is 127 Å². The summed E-state index contributed by atoms with van der Waals surface area (Å²) in [4.78, 5) is 0. The summed E-state index contributed by atoms with van der Waals surface area (Å²) in [6.07, 6.45) is 7.44. The minimum atomic E-state index is -0.465. The fourth-order valence-corrected chi connectivity index (χ4v) is 22.6. The van der Waals surface area contributed by atoms with Gasteiger partial charge in [0.15, 0.2) is 0 Å². The molecule has 42 heteroatoms. The molecule has 0 N–H and O–H groups in total. The molecule has 16 heterocycles. The van der Waals surface area contributed by atoms with Crippen LogP contribution in [0.15, 0.2) is 110 Å². The molecule has 0 spiro atoms. The first kappa shape index (κ1) is 106. The second kappa shape index (κ2) is 46.4. The van der Waals surface area contributed by atoms with Gasteiger partial charge in [-0.05, 0) is 235 Å². The summed E-state index contributed by atoms with van der Waals surface area (Å²) in [5.41, 5.74) is 15.8. The summed E-state index contributed by atoms with van der Waals surface area (Å²) < 4.78 is 157. The van der Waals surface area contributed by atoms with Crippen molar-refractivity contribution in [2.45, 2.75) is 221 Å². The maximum atomic E-state index is 13.8. The number of halogens is 8. The topological polar surface area (TPSA) is 222 Å². The highest BCUT2D eigenvalue weighted by Gasteiger charge is 2.52. The predicted octanol–water partition coefficient (Wildman–Crippen LogP) is 17.7. The monoisotopic (exact) mass is 2260 g/mol. The van der Waals surface area contributed by atoms with Gasteiger partial charge in [0.2, 0.25) is 0 Å². The van der Waals surface area contributed by atoms with Gasteiger partial charge in [0, 0.05) is 98.0 Å². The van der Waals surface area contributed by atoms with Crippen molar-refractivity contribution in [2.24, 2.45) is 0 Å². The standard InChI is InChI=1S/C13H16BBrO3.C13H16BClO3.C12H14BBrO3.C12H14BClO3.C11H12BBrO3.C11H12BClO3.C11H12BFO3.C11H12BIO3.2H2S/c2*1-4-9-11-8(15)5-6-10-12(11)14(17-9)18-13(2,3)7-16-10;2*1-3-9-11-8(14)4-5-10-12(11)13(17-9)16-7(2)6-15-10;4*1-2-8-10-7(13)3-4-9-11(10)12(16-8)15-6-5-14-9;;/h2*5-6,9H,4,7H2,1-3H3;2*4-5,7,9H,3,6H2,1-2H3;4*3-4,8H,2,5-6H2,1H3;2*1H2/t2*9-;2*7?,9-;4*8-;;/m11111111../s1. The first-order chi connectivity index (χ1) is 64.7. The third-order valence-corrected chi connectivity index (χ3v) is 29.4. The Morgan fingerprint density at radius 1 is 0.301 bits per heavy atom. The Hall–Kier alpha value is -4.29. The normalized spacial score (nSPS) is 23.7. The zero-order chi connectivity index (χ0) is 94.3. The van der Waals surface area contributed by atoms with Crippen LogP contribution in [-0.4, -0.2) is 160 Å². The van der Waals surface area contributed by atoms with Crippen LogP contribution in [0.5, 0.6) is 46.0 Å². The number of rotatable bonds is 8. The Labute approximate surface area is 867 Å². The van der Waals surface area contributed by atoms with E-state index in [-0.39, 0.29) is 155 Å². The van der Waals surface area contributed by atoms with Gasteiger partial charge in [-0.3, -0.25) is 0 Å². The molecule has 0 radical (unpaired) electrons. The molecule has 16 aliphatic rings. The van der Waals surface area contributed by atoms with E-state index in [4.69, 9.17) is 147 Å². The van der Waals surface area contributed by atoms with Crippen LogP contribution in [0.4, 0.5) is 4.39 Å². The molecular formula is C94H112B8Br3Cl3FIO24S2. The number of hydrogen-bond acceptors (Lipinski definition) is 24. The molecular weight excluding hydrogens is 2160 g/mol. The van der Waals surface area contributed by atoms with Gasteiger partial charge in [-0.1, -0.05) is 138 Å². The molecule has 10 atom stereocenters. The third-order valence-electron chi connectivity index (χ3n) is 25.4. The van der Waals surface area contributed by atoms with Gasteiger partial charge in [-0.25, -0.2) is 4.39 Å². The van der Waals surface area contributed by atoms with Gasteiger partial charge in [0.1, 0.15) is 105 Å². The molecule has 0 saturated heterocycles. The first-order valence-corrected chi connectivity index (χ1v) is 51.2. The molecule has 0 aliphatic carbocycles. The summed E-state index contributed by atoms with van der Waals surface area (Å²) in [7, 11) is -2.54. The molecule has 24 nitrogen and oxygen atoms in total. The van der Waals surface area contributed by atoms with Gasteiger partial charge in [-0.15, -0.1) is 0 Å². The molecule has 8 aromatic rings.